The van der Waals surface area contributed by atoms with Crippen LogP contribution in [-0.2, 0) is 9.84 Å². The Bertz CT molecular complexity index is 1040. The van der Waals surface area contributed by atoms with Crippen molar-refractivity contribution < 1.29 is 13.2 Å². The smallest absolute Gasteiger partial charge is 0.257 e. The fourth-order valence-electron chi connectivity index (χ4n) is 2.25. The minimum atomic E-state index is -3.35. The lowest BCUT2D eigenvalue weighted by Gasteiger charge is -2.05. The normalized spacial score (nSPS) is 11.6. The highest BCUT2D eigenvalue weighted by atomic mass is 32.2. The molecule has 0 unspecified atom stereocenters. The minimum absolute atomic E-state index is 0.00623. The first-order valence-corrected chi connectivity index (χ1v) is 11.2. The molecule has 2 aromatic carbocycles. The molecule has 8 heteroatoms. The number of carbonyl (C=O) groups excluding carboxylic acids is 1. The first-order valence-electron chi connectivity index (χ1n) is 7.51. The van der Waals surface area contributed by atoms with Crippen LogP contribution in [0.25, 0.3) is 10.2 Å². The molecule has 0 spiro atoms. The standard InChI is InChI=1S/C17H16N2O3S3/c1-3-25(21,22)13-6-4-5-11(9-13)16(20)19-17-18-14-8-7-12(23-2)10-15(14)24-17/h4-10H,3H2,1-2H3,(H,18,19,20). The number of carbonyl (C=O) groups is 1. The molecule has 130 valence electrons. The number of hydrogen-bond donors (Lipinski definition) is 1. The molecule has 0 aliphatic carbocycles. The van der Waals surface area contributed by atoms with Crippen LogP contribution in [0, 0.1) is 0 Å². The van der Waals surface area contributed by atoms with Gasteiger partial charge in [-0.1, -0.05) is 24.3 Å². The topological polar surface area (TPSA) is 76.1 Å². The van der Waals surface area contributed by atoms with Crippen LogP contribution in [0.4, 0.5) is 5.13 Å². The molecule has 1 aromatic heterocycles. The fraction of sp³-hybridized carbons (Fsp3) is 0.176. The summed E-state index contributed by atoms with van der Waals surface area (Å²) in [5, 5.41) is 3.24. The number of hydrogen-bond acceptors (Lipinski definition) is 6. The molecule has 0 saturated heterocycles. The molecule has 0 aliphatic heterocycles. The summed E-state index contributed by atoms with van der Waals surface area (Å²) >= 11 is 3.03. The number of sulfone groups is 1. The van der Waals surface area contributed by atoms with Crippen molar-refractivity contribution in [3.05, 3.63) is 48.0 Å². The number of fused-ring (bicyclic) bond motifs is 1. The summed E-state index contributed by atoms with van der Waals surface area (Å²) in [7, 11) is -3.35. The van der Waals surface area contributed by atoms with E-state index in [1.165, 1.54) is 23.5 Å². The quantitative estimate of drug-likeness (QED) is 0.663. The number of benzene rings is 2. The van der Waals surface area contributed by atoms with Gasteiger partial charge < -0.3 is 0 Å². The first kappa shape index (κ1) is 17.9. The summed E-state index contributed by atoms with van der Waals surface area (Å²) in [6.07, 6.45) is 2.00. The molecule has 25 heavy (non-hydrogen) atoms. The van der Waals surface area contributed by atoms with Gasteiger partial charge in [-0.25, -0.2) is 13.4 Å². The maximum Gasteiger partial charge on any atom is 0.257 e. The minimum Gasteiger partial charge on any atom is -0.298 e. The van der Waals surface area contributed by atoms with Gasteiger partial charge in [0.2, 0.25) is 0 Å². The van der Waals surface area contributed by atoms with E-state index in [0.717, 1.165) is 15.1 Å². The highest BCUT2D eigenvalue weighted by Crippen LogP contribution is 2.29. The number of nitrogens with one attached hydrogen (secondary N) is 1. The number of nitrogens with zero attached hydrogens (tertiary/aromatic N) is 1. The van der Waals surface area contributed by atoms with E-state index in [2.05, 4.69) is 10.3 Å². The lowest BCUT2D eigenvalue weighted by atomic mass is 10.2. The molecule has 3 rings (SSSR count). The van der Waals surface area contributed by atoms with E-state index in [4.69, 9.17) is 0 Å². The molecule has 1 N–H and O–H groups in total. The van der Waals surface area contributed by atoms with Crippen LogP contribution in [0.1, 0.15) is 17.3 Å². The molecule has 0 saturated carbocycles. The average Bonchev–Trinajstić information content (AvgIpc) is 3.02. The number of thiazole rings is 1. The predicted molar refractivity (Wildman–Crippen MR) is 104 cm³/mol. The Morgan fingerprint density at radius 2 is 2.04 bits per heavy atom. The zero-order valence-electron chi connectivity index (χ0n) is 13.6. The molecule has 0 aliphatic rings. The van der Waals surface area contributed by atoms with Gasteiger partial charge in [-0.15, -0.1) is 11.8 Å². The second-order valence-corrected chi connectivity index (χ2v) is 9.43. The van der Waals surface area contributed by atoms with Crippen molar-refractivity contribution in [1.82, 2.24) is 4.98 Å². The molecular formula is C17H16N2O3S3. The van der Waals surface area contributed by atoms with Crippen molar-refractivity contribution in [3.63, 3.8) is 0 Å². The van der Waals surface area contributed by atoms with Gasteiger partial charge in [-0.05, 0) is 42.7 Å². The summed E-state index contributed by atoms with van der Waals surface area (Å²) < 4.78 is 24.9. The summed E-state index contributed by atoms with van der Waals surface area (Å²) in [6.45, 7) is 1.58. The Labute approximate surface area is 154 Å². The van der Waals surface area contributed by atoms with Crippen molar-refractivity contribution in [3.8, 4) is 0 Å². The highest BCUT2D eigenvalue weighted by Gasteiger charge is 2.15. The third-order valence-corrected chi connectivity index (χ3v) is 7.04. The predicted octanol–water partition coefficient (Wildman–Crippen LogP) is 4.06. The summed E-state index contributed by atoms with van der Waals surface area (Å²) in [6, 6.07) is 12.0. The summed E-state index contributed by atoms with van der Waals surface area (Å²) in [4.78, 5) is 18.1. The van der Waals surface area contributed by atoms with Gasteiger partial charge in [0.05, 0.1) is 20.9 Å². The Balaban J connectivity index is 1.86. The molecule has 0 atom stereocenters. The van der Waals surface area contributed by atoms with E-state index >= 15 is 0 Å². The van der Waals surface area contributed by atoms with Crippen molar-refractivity contribution in [2.75, 3.05) is 17.3 Å². The number of amides is 1. The summed E-state index contributed by atoms with van der Waals surface area (Å²) in [5.41, 5.74) is 1.11. The van der Waals surface area contributed by atoms with Gasteiger partial charge in [0.25, 0.3) is 5.91 Å². The number of anilines is 1. The highest BCUT2D eigenvalue weighted by molar-refractivity contribution is 7.98. The Morgan fingerprint density at radius 1 is 1.24 bits per heavy atom. The molecule has 1 heterocycles. The third kappa shape index (κ3) is 3.86. The van der Waals surface area contributed by atoms with E-state index in [0.29, 0.717) is 10.7 Å². The van der Waals surface area contributed by atoms with Gasteiger partial charge in [0, 0.05) is 10.5 Å². The van der Waals surface area contributed by atoms with E-state index in [9.17, 15) is 13.2 Å². The maximum absolute atomic E-state index is 12.4. The SMILES string of the molecule is CCS(=O)(=O)c1cccc(C(=O)Nc2nc3ccc(SC)cc3s2)c1. The molecule has 1 amide bonds. The van der Waals surface area contributed by atoms with Crippen LogP contribution in [0.3, 0.4) is 0 Å². The van der Waals surface area contributed by atoms with E-state index in [-0.39, 0.29) is 16.6 Å². The maximum atomic E-state index is 12.4. The molecular weight excluding hydrogens is 376 g/mol. The number of aromatic nitrogens is 1. The number of rotatable bonds is 5. The fourth-order valence-corrected chi connectivity index (χ4v) is 4.59. The Kier molecular flexibility index (Phi) is 5.12. The Hall–Kier alpha value is -1.90. The van der Waals surface area contributed by atoms with Crippen LogP contribution in [0.15, 0.2) is 52.3 Å². The van der Waals surface area contributed by atoms with Crippen molar-refractivity contribution >= 4 is 54.2 Å². The lowest BCUT2D eigenvalue weighted by molar-refractivity contribution is 0.102. The monoisotopic (exact) mass is 392 g/mol. The second-order valence-electron chi connectivity index (χ2n) is 5.24. The van der Waals surface area contributed by atoms with Crippen LogP contribution in [-0.4, -0.2) is 31.3 Å². The second kappa shape index (κ2) is 7.15. The number of thioether (sulfide) groups is 1. The lowest BCUT2D eigenvalue weighted by Crippen LogP contribution is -2.13. The van der Waals surface area contributed by atoms with Gasteiger partial charge >= 0.3 is 0 Å². The molecule has 0 radical (unpaired) electrons. The third-order valence-electron chi connectivity index (χ3n) is 3.65. The molecule has 3 aromatic rings. The summed E-state index contributed by atoms with van der Waals surface area (Å²) in [5.74, 6) is -0.384. The van der Waals surface area contributed by atoms with Gasteiger partial charge in [-0.2, -0.15) is 0 Å². The average molecular weight is 393 g/mol. The van der Waals surface area contributed by atoms with Gasteiger partial charge in [0.1, 0.15) is 0 Å². The van der Waals surface area contributed by atoms with Crippen LogP contribution in [0.5, 0.6) is 0 Å². The molecule has 0 fully saturated rings. The zero-order chi connectivity index (χ0) is 18.0. The Morgan fingerprint density at radius 3 is 2.76 bits per heavy atom. The van der Waals surface area contributed by atoms with E-state index < -0.39 is 9.84 Å². The first-order chi connectivity index (χ1) is 11.9. The molecule has 5 nitrogen and oxygen atoms in total. The van der Waals surface area contributed by atoms with Gasteiger partial charge in [-0.3, -0.25) is 10.1 Å². The van der Waals surface area contributed by atoms with Crippen molar-refractivity contribution in [1.29, 1.82) is 0 Å². The largest absolute Gasteiger partial charge is 0.298 e. The van der Waals surface area contributed by atoms with Crippen LogP contribution in [0.2, 0.25) is 0 Å². The van der Waals surface area contributed by atoms with Crippen molar-refractivity contribution in [2.45, 2.75) is 16.7 Å². The van der Waals surface area contributed by atoms with E-state index in [1.807, 2.05) is 24.5 Å². The molecule has 0 bridgehead atoms. The zero-order valence-corrected chi connectivity index (χ0v) is 16.1. The van der Waals surface area contributed by atoms with Crippen LogP contribution < -0.4 is 5.32 Å². The van der Waals surface area contributed by atoms with E-state index in [1.54, 1.807) is 30.8 Å². The van der Waals surface area contributed by atoms with Crippen molar-refractivity contribution in [2.24, 2.45) is 0 Å². The van der Waals surface area contributed by atoms with Crippen LogP contribution >= 0.6 is 23.1 Å². The van der Waals surface area contributed by atoms with Gasteiger partial charge in [0.15, 0.2) is 15.0 Å².